The van der Waals surface area contributed by atoms with Gasteiger partial charge in [-0.05, 0) is 6.92 Å². The lowest BCUT2D eigenvalue weighted by Gasteiger charge is -1.98. The van der Waals surface area contributed by atoms with E-state index in [9.17, 15) is 4.79 Å². The molecule has 1 rings (SSSR count). The molecule has 0 aliphatic heterocycles. The molecule has 0 bridgehead atoms. The van der Waals surface area contributed by atoms with E-state index >= 15 is 0 Å². The van der Waals surface area contributed by atoms with Crippen molar-refractivity contribution in [2.45, 2.75) is 19.8 Å². The molecule has 8 heavy (non-hydrogen) atoms. The Kier molecular flexibility index (Phi) is 1.34. The molecule has 0 aromatic heterocycles. The van der Waals surface area contributed by atoms with Gasteiger partial charge in [-0.15, -0.1) is 11.8 Å². The second-order valence-electron chi connectivity index (χ2n) is 2.07. The zero-order valence-electron chi connectivity index (χ0n) is 4.90. The Hall–Kier alpha value is -0.770. The topological polar surface area (TPSA) is 17.1 Å². The Bertz CT molecular complexity index is 149. The van der Waals surface area contributed by atoms with Gasteiger partial charge in [0.2, 0.25) is 0 Å². The van der Waals surface area contributed by atoms with E-state index < -0.39 is 0 Å². The summed E-state index contributed by atoms with van der Waals surface area (Å²) in [5, 5.41) is 0. The van der Waals surface area contributed by atoms with Crippen molar-refractivity contribution in [3.63, 3.8) is 0 Å². The third kappa shape index (κ3) is 0.894. The molecule has 0 aromatic rings. The van der Waals surface area contributed by atoms with E-state index in [1.807, 2.05) is 0 Å². The van der Waals surface area contributed by atoms with Crippen LogP contribution >= 0.6 is 0 Å². The molecule has 0 fully saturated rings. The molecule has 0 amide bonds. The fraction of sp³-hybridized carbons (Fsp3) is 0.571. The first-order chi connectivity index (χ1) is 3.80. The molecular weight excluding hydrogens is 100 g/mol. The van der Waals surface area contributed by atoms with Crippen LogP contribution in [0.4, 0.5) is 0 Å². The lowest BCUT2D eigenvalue weighted by Crippen LogP contribution is -2.05. The third-order valence-electron chi connectivity index (χ3n) is 1.40. The lowest BCUT2D eigenvalue weighted by atomic mass is 10.0. The summed E-state index contributed by atoms with van der Waals surface area (Å²) in [6.07, 6.45) is 1.57. The zero-order valence-corrected chi connectivity index (χ0v) is 4.90. The summed E-state index contributed by atoms with van der Waals surface area (Å²) in [7, 11) is 0. The van der Waals surface area contributed by atoms with Crippen LogP contribution < -0.4 is 0 Å². The summed E-state index contributed by atoms with van der Waals surface area (Å²) in [5.74, 6) is 6.24. The standard InChI is InChI=1S/C7H8O/c1-6(8)7-4-2-3-5-7/h7H,4-5H2,1H3. The minimum absolute atomic E-state index is 0.204. The van der Waals surface area contributed by atoms with Crippen LogP contribution in [-0.2, 0) is 4.79 Å². The minimum Gasteiger partial charge on any atom is -0.300 e. The summed E-state index contributed by atoms with van der Waals surface area (Å²) in [4.78, 5) is 10.6. The number of ketones is 1. The van der Waals surface area contributed by atoms with Gasteiger partial charge in [-0.1, -0.05) is 0 Å². The minimum atomic E-state index is 0.204. The molecule has 0 unspecified atom stereocenters. The first-order valence-electron chi connectivity index (χ1n) is 2.77. The van der Waals surface area contributed by atoms with Gasteiger partial charge in [-0.3, -0.25) is 4.79 Å². The molecule has 1 aliphatic carbocycles. The second kappa shape index (κ2) is 2.00. The van der Waals surface area contributed by atoms with Crippen LogP contribution in [-0.4, -0.2) is 5.78 Å². The van der Waals surface area contributed by atoms with Gasteiger partial charge in [-0.25, -0.2) is 0 Å². The SMILES string of the molecule is CC(=O)C1CC#CC1. The van der Waals surface area contributed by atoms with Crippen LogP contribution in [0.25, 0.3) is 0 Å². The summed E-state index contributed by atoms with van der Waals surface area (Å²) in [5.41, 5.74) is 0. The van der Waals surface area contributed by atoms with Crippen molar-refractivity contribution in [1.82, 2.24) is 0 Å². The monoisotopic (exact) mass is 108 g/mol. The highest BCUT2D eigenvalue weighted by Crippen LogP contribution is 2.12. The maximum absolute atomic E-state index is 10.6. The Labute approximate surface area is 49.1 Å². The molecule has 0 radical (unpaired) electrons. The van der Waals surface area contributed by atoms with E-state index in [0.717, 1.165) is 12.8 Å². The van der Waals surface area contributed by atoms with E-state index in [1.165, 1.54) is 0 Å². The van der Waals surface area contributed by atoms with E-state index in [-0.39, 0.29) is 11.7 Å². The molecule has 0 heterocycles. The first kappa shape index (κ1) is 5.37. The van der Waals surface area contributed by atoms with Crippen LogP contribution in [0.2, 0.25) is 0 Å². The molecule has 1 aliphatic rings. The largest absolute Gasteiger partial charge is 0.300 e. The lowest BCUT2D eigenvalue weighted by molar-refractivity contribution is -0.120. The molecule has 1 heteroatoms. The Morgan fingerprint density at radius 3 is 2.25 bits per heavy atom. The number of carbonyl (C=O) groups excluding carboxylic acids is 1. The van der Waals surface area contributed by atoms with E-state index in [4.69, 9.17) is 0 Å². The number of hydrogen-bond acceptors (Lipinski definition) is 1. The fourth-order valence-corrected chi connectivity index (χ4v) is 0.750. The molecule has 1 nitrogen and oxygen atoms in total. The van der Waals surface area contributed by atoms with Gasteiger partial charge >= 0.3 is 0 Å². The molecule has 0 N–H and O–H groups in total. The summed E-state index contributed by atoms with van der Waals surface area (Å²) in [6, 6.07) is 0. The van der Waals surface area contributed by atoms with Crippen LogP contribution in [0.5, 0.6) is 0 Å². The van der Waals surface area contributed by atoms with Gasteiger partial charge in [0.05, 0.1) is 0 Å². The average molecular weight is 108 g/mol. The zero-order chi connectivity index (χ0) is 5.98. The number of Topliss-reactive ketones (excluding diaryl/α,β-unsaturated/α-hetero) is 1. The van der Waals surface area contributed by atoms with E-state index in [0.29, 0.717) is 0 Å². The van der Waals surface area contributed by atoms with Crippen LogP contribution in [0.3, 0.4) is 0 Å². The predicted octanol–water partition coefficient (Wildman–Crippen LogP) is 0.989. The molecule has 0 saturated heterocycles. The van der Waals surface area contributed by atoms with Crippen molar-refractivity contribution in [2.75, 3.05) is 0 Å². The maximum Gasteiger partial charge on any atom is 0.134 e. The second-order valence-corrected chi connectivity index (χ2v) is 2.07. The van der Waals surface area contributed by atoms with Crippen molar-refractivity contribution in [2.24, 2.45) is 5.92 Å². The summed E-state index contributed by atoms with van der Waals surface area (Å²) >= 11 is 0. The summed E-state index contributed by atoms with van der Waals surface area (Å²) < 4.78 is 0. The highest BCUT2D eigenvalue weighted by atomic mass is 16.1. The Balaban J connectivity index is 2.43. The normalized spacial score (nSPS) is 17.6. The quantitative estimate of drug-likeness (QED) is 0.458. The summed E-state index contributed by atoms with van der Waals surface area (Å²) in [6.45, 7) is 1.62. The van der Waals surface area contributed by atoms with Gasteiger partial charge in [0.15, 0.2) is 0 Å². The number of hydrogen-bond donors (Lipinski definition) is 0. The van der Waals surface area contributed by atoms with Crippen molar-refractivity contribution in [3.8, 4) is 11.8 Å². The average Bonchev–Trinajstić information content (AvgIpc) is 2.12. The highest BCUT2D eigenvalue weighted by Gasteiger charge is 2.13. The smallest absolute Gasteiger partial charge is 0.134 e. The molecule has 0 aromatic carbocycles. The van der Waals surface area contributed by atoms with E-state index in [1.54, 1.807) is 6.92 Å². The number of carbonyl (C=O) groups is 1. The fourth-order valence-electron chi connectivity index (χ4n) is 0.750. The molecule has 0 spiro atoms. The van der Waals surface area contributed by atoms with Gasteiger partial charge in [0.25, 0.3) is 0 Å². The van der Waals surface area contributed by atoms with Crippen molar-refractivity contribution < 1.29 is 4.79 Å². The van der Waals surface area contributed by atoms with Crippen molar-refractivity contribution >= 4 is 5.78 Å². The Morgan fingerprint density at radius 1 is 1.50 bits per heavy atom. The van der Waals surface area contributed by atoms with Crippen LogP contribution in [0.15, 0.2) is 0 Å². The van der Waals surface area contributed by atoms with Crippen LogP contribution in [0, 0.1) is 17.8 Å². The van der Waals surface area contributed by atoms with Gasteiger partial charge in [0, 0.05) is 18.8 Å². The molecular formula is C7H8O. The van der Waals surface area contributed by atoms with Crippen molar-refractivity contribution in [1.29, 1.82) is 0 Å². The van der Waals surface area contributed by atoms with E-state index in [2.05, 4.69) is 11.8 Å². The van der Waals surface area contributed by atoms with Crippen LogP contribution in [0.1, 0.15) is 19.8 Å². The highest BCUT2D eigenvalue weighted by molar-refractivity contribution is 5.79. The molecule has 0 atom stereocenters. The van der Waals surface area contributed by atoms with Crippen molar-refractivity contribution in [3.05, 3.63) is 0 Å². The van der Waals surface area contributed by atoms with Gasteiger partial charge in [0.1, 0.15) is 5.78 Å². The first-order valence-corrected chi connectivity index (χ1v) is 2.77. The third-order valence-corrected chi connectivity index (χ3v) is 1.40. The van der Waals surface area contributed by atoms with Gasteiger partial charge < -0.3 is 0 Å². The Morgan fingerprint density at radius 2 is 2.00 bits per heavy atom. The number of rotatable bonds is 1. The van der Waals surface area contributed by atoms with Gasteiger partial charge in [-0.2, -0.15) is 0 Å². The molecule has 42 valence electrons. The molecule has 0 saturated carbocycles. The predicted molar refractivity (Wildman–Crippen MR) is 31.2 cm³/mol. The maximum atomic E-state index is 10.6.